The highest BCUT2D eigenvalue weighted by Gasteiger charge is 2.13. The monoisotopic (exact) mass is 298 g/mol. The Kier molecular flexibility index (Phi) is 3.71. The third-order valence-corrected chi connectivity index (χ3v) is 4.39. The molecule has 1 aromatic heterocycles. The smallest absolute Gasteiger partial charge is 0.371 e. The van der Waals surface area contributed by atoms with Crippen molar-refractivity contribution in [1.82, 2.24) is 0 Å². The van der Waals surface area contributed by atoms with Crippen molar-refractivity contribution in [3.05, 3.63) is 65.6 Å². The minimum Gasteiger partial charge on any atom is -0.475 e. The third-order valence-electron chi connectivity index (χ3n) is 3.35. The number of benzene rings is 2. The molecule has 4 heteroatoms. The SMILES string of the molecule is Cc1oc(C(=O)O)cc1CSc1ccc2ccccc2c1. The van der Waals surface area contributed by atoms with Crippen LogP contribution in [0.25, 0.3) is 10.8 Å². The number of carboxylic acids is 1. The van der Waals surface area contributed by atoms with Crippen LogP contribution in [0.1, 0.15) is 21.9 Å². The normalized spacial score (nSPS) is 10.9. The molecule has 0 atom stereocenters. The molecule has 0 aliphatic rings. The summed E-state index contributed by atoms with van der Waals surface area (Å²) < 4.78 is 5.22. The summed E-state index contributed by atoms with van der Waals surface area (Å²) in [4.78, 5) is 12.0. The standard InChI is InChI=1S/C17H14O3S/c1-11-14(9-16(20-11)17(18)19)10-21-15-7-6-12-4-2-3-5-13(12)8-15/h2-9H,10H2,1H3,(H,18,19). The summed E-state index contributed by atoms with van der Waals surface area (Å²) in [6.07, 6.45) is 0. The minimum atomic E-state index is -1.03. The maximum absolute atomic E-state index is 10.9. The van der Waals surface area contributed by atoms with E-state index in [1.165, 1.54) is 10.8 Å². The summed E-state index contributed by atoms with van der Waals surface area (Å²) >= 11 is 1.67. The van der Waals surface area contributed by atoms with Gasteiger partial charge in [0.1, 0.15) is 5.76 Å². The van der Waals surface area contributed by atoms with Crippen LogP contribution in [0.4, 0.5) is 0 Å². The molecular formula is C17H14O3S. The van der Waals surface area contributed by atoms with Crippen molar-refractivity contribution in [3.63, 3.8) is 0 Å². The first-order valence-electron chi connectivity index (χ1n) is 6.58. The van der Waals surface area contributed by atoms with E-state index in [1.807, 2.05) is 12.1 Å². The Morgan fingerprint density at radius 2 is 1.90 bits per heavy atom. The lowest BCUT2D eigenvalue weighted by atomic mass is 10.1. The highest BCUT2D eigenvalue weighted by molar-refractivity contribution is 7.98. The number of hydrogen-bond acceptors (Lipinski definition) is 3. The summed E-state index contributed by atoms with van der Waals surface area (Å²) in [6.45, 7) is 1.79. The van der Waals surface area contributed by atoms with E-state index >= 15 is 0 Å². The van der Waals surface area contributed by atoms with Gasteiger partial charge in [-0.15, -0.1) is 11.8 Å². The van der Waals surface area contributed by atoms with Crippen molar-refractivity contribution >= 4 is 28.5 Å². The number of carbonyl (C=O) groups is 1. The van der Waals surface area contributed by atoms with E-state index < -0.39 is 5.97 Å². The third kappa shape index (κ3) is 2.95. The predicted molar refractivity (Wildman–Crippen MR) is 83.9 cm³/mol. The van der Waals surface area contributed by atoms with Gasteiger partial charge < -0.3 is 9.52 Å². The molecule has 3 nitrogen and oxygen atoms in total. The van der Waals surface area contributed by atoms with Crippen molar-refractivity contribution in [1.29, 1.82) is 0 Å². The maximum Gasteiger partial charge on any atom is 0.371 e. The van der Waals surface area contributed by atoms with Gasteiger partial charge in [0.2, 0.25) is 5.76 Å². The zero-order valence-corrected chi connectivity index (χ0v) is 12.3. The number of thioether (sulfide) groups is 1. The van der Waals surface area contributed by atoms with E-state index in [9.17, 15) is 4.79 Å². The Labute approximate surface area is 126 Å². The van der Waals surface area contributed by atoms with Crippen molar-refractivity contribution < 1.29 is 14.3 Å². The van der Waals surface area contributed by atoms with Crippen LogP contribution < -0.4 is 0 Å². The fraction of sp³-hybridized carbons (Fsp3) is 0.118. The molecule has 106 valence electrons. The van der Waals surface area contributed by atoms with E-state index in [-0.39, 0.29) is 5.76 Å². The number of hydrogen-bond donors (Lipinski definition) is 1. The first-order chi connectivity index (χ1) is 10.1. The summed E-state index contributed by atoms with van der Waals surface area (Å²) in [6, 6.07) is 16.2. The average Bonchev–Trinajstić information content (AvgIpc) is 2.86. The van der Waals surface area contributed by atoms with Gasteiger partial charge in [-0.05, 0) is 35.9 Å². The molecule has 2 aromatic carbocycles. The molecule has 0 aliphatic heterocycles. The highest BCUT2D eigenvalue weighted by Crippen LogP contribution is 2.28. The molecule has 0 bridgehead atoms. The van der Waals surface area contributed by atoms with Gasteiger partial charge in [0, 0.05) is 16.2 Å². The van der Waals surface area contributed by atoms with Gasteiger partial charge in [-0.3, -0.25) is 0 Å². The van der Waals surface area contributed by atoms with Gasteiger partial charge >= 0.3 is 5.97 Å². The first-order valence-corrected chi connectivity index (χ1v) is 7.56. The molecule has 0 unspecified atom stereocenters. The summed E-state index contributed by atoms with van der Waals surface area (Å²) in [5.74, 6) is 0.336. The van der Waals surface area contributed by atoms with E-state index in [4.69, 9.17) is 9.52 Å². The summed E-state index contributed by atoms with van der Waals surface area (Å²) in [5, 5.41) is 11.3. The summed E-state index contributed by atoms with van der Waals surface area (Å²) in [5.41, 5.74) is 0.922. The lowest BCUT2D eigenvalue weighted by molar-refractivity contribution is 0.0661. The van der Waals surface area contributed by atoms with Gasteiger partial charge in [-0.25, -0.2) is 4.79 Å². The van der Waals surface area contributed by atoms with Gasteiger partial charge in [0.15, 0.2) is 0 Å². The van der Waals surface area contributed by atoms with Crippen LogP contribution >= 0.6 is 11.8 Å². The minimum absolute atomic E-state index is 0.00149. The number of furan rings is 1. The largest absolute Gasteiger partial charge is 0.475 e. The van der Waals surface area contributed by atoms with Gasteiger partial charge in [0.05, 0.1) is 0 Å². The number of fused-ring (bicyclic) bond motifs is 1. The zero-order chi connectivity index (χ0) is 14.8. The van der Waals surface area contributed by atoms with Crippen molar-refractivity contribution in [3.8, 4) is 0 Å². The van der Waals surface area contributed by atoms with Gasteiger partial charge in [-0.1, -0.05) is 30.3 Å². The van der Waals surface area contributed by atoms with Crippen molar-refractivity contribution in [2.45, 2.75) is 17.6 Å². The molecule has 1 N–H and O–H groups in total. The van der Waals surface area contributed by atoms with Crippen LogP contribution in [0.5, 0.6) is 0 Å². The molecule has 3 rings (SSSR count). The number of aryl methyl sites for hydroxylation is 1. The molecule has 0 radical (unpaired) electrons. The Hall–Kier alpha value is -2.20. The van der Waals surface area contributed by atoms with Crippen LogP contribution in [0, 0.1) is 6.92 Å². The van der Waals surface area contributed by atoms with Crippen molar-refractivity contribution in [2.24, 2.45) is 0 Å². The Balaban J connectivity index is 1.78. The fourth-order valence-electron chi connectivity index (χ4n) is 2.19. The molecule has 0 spiro atoms. The van der Waals surface area contributed by atoms with Crippen LogP contribution in [0.3, 0.4) is 0 Å². The molecule has 3 aromatic rings. The molecule has 0 fully saturated rings. The van der Waals surface area contributed by atoms with E-state index in [1.54, 1.807) is 24.8 Å². The molecule has 0 saturated heterocycles. The molecule has 1 heterocycles. The Bertz CT molecular complexity index is 805. The molecule has 0 aliphatic carbocycles. The second-order valence-corrected chi connectivity index (χ2v) is 5.84. The summed E-state index contributed by atoms with van der Waals surface area (Å²) in [7, 11) is 0. The fourth-order valence-corrected chi connectivity index (χ4v) is 3.17. The first kappa shape index (κ1) is 13.8. The van der Waals surface area contributed by atoms with Crippen LogP contribution in [-0.4, -0.2) is 11.1 Å². The lowest BCUT2D eigenvalue weighted by Gasteiger charge is -2.03. The Morgan fingerprint density at radius 1 is 1.14 bits per heavy atom. The highest BCUT2D eigenvalue weighted by atomic mass is 32.2. The van der Waals surface area contributed by atoms with Crippen LogP contribution in [0.2, 0.25) is 0 Å². The van der Waals surface area contributed by atoms with Crippen LogP contribution in [-0.2, 0) is 5.75 Å². The lowest BCUT2D eigenvalue weighted by Crippen LogP contribution is -1.91. The number of carboxylic acid groups (broad SMARTS) is 1. The number of aromatic carboxylic acids is 1. The molecule has 0 amide bonds. The quantitative estimate of drug-likeness (QED) is 0.707. The second kappa shape index (κ2) is 5.66. The van der Waals surface area contributed by atoms with Gasteiger partial charge in [0.25, 0.3) is 0 Å². The van der Waals surface area contributed by atoms with Gasteiger partial charge in [-0.2, -0.15) is 0 Å². The topological polar surface area (TPSA) is 50.4 Å². The van der Waals surface area contributed by atoms with E-state index in [0.717, 1.165) is 10.5 Å². The van der Waals surface area contributed by atoms with E-state index in [0.29, 0.717) is 11.5 Å². The Morgan fingerprint density at radius 3 is 2.62 bits per heavy atom. The molecule has 0 saturated carbocycles. The second-order valence-electron chi connectivity index (χ2n) is 4.79. The zero-order valence-electron chi connectivity index (χ0n) is 11.5. The van der Waals surface area contributed by atoms with E-state index in [2.05, 4.69) is 30.3 Å². The molecular weight excluding hydrogens is 284 g/mol. The van der Waals surface area contributed by atoms with Crippen molar-refractivity contribution in [2.75, 3.05) is 0 Å². The maximum atomic E-state index is 10.9. The molecule has 21 heavy (non-hydrogen) atoms. The number of rotatable bonds is 4. The predicted octanol–water partition coefficient (Wildman–Crippen LogP) is 4.73. The average molecular weight is 298 g/mol. The van der Waals surface area contributed by atoms with Crippen LogP contribution in [0.15, 0.2) is 57.8 Å².